The van der Waals surface area contributed by atoms with E-state index in [0.717, 1.165) is 67.6 Å². The molecule has 0 amide bonds. The molecule has 180 valence electrons. The van der Waals surface area contributed by atoms with Crippen LogP contribution in [-0.4, -0.2) is 43.3 Å². The highest BCUT2D eigenvalue weighted by Gasteiger charge is 2.20. The SMILES string of the molecule is C\C=C/N=C1/C=C(CNC(=C/C)/C(=C(Cl)\C=C(/C)CC)N2CCNCC2)C=C/C1=C\CCC. The van der Waals surface area contributed by atoms with Gasteiger partial charge in [0.1, 0.15) is 0 Å². The Balaban J connectivity index is 2.28. The second-order valence-corrected chi connectivity index (χ2v) is 8.74. The number of aliphatic imine (C=N–C) groups is 1. The van der Waals surface area contributed by atoms with Crippen LogP contribution in [-0.2, 0) is 0 Å². The van der Waals surface area contributed by atoms with Crippen LogP contribution in [0.25, 0.3) is 0 Å². The van der Waals surface area contributed by atoms with Gasteiger partial charge in [0, 0.05) is 38.9 Å². The van der Waals surface area contributed by atoms with E-state index >= 15 is 0 Å². The normalized spacial score (nSPS) is 21.2. The molecule has 1 aliphatic heterocycles. The molecule has 1 aliphatic carbocycles. The summed E-state index contributed by atoms with van der Waals surface area (Å²) in [5.74, 6) is 0. The molecule has 0 bridgehead atoms. The van der Waals surface area contributed by atoms with Crippen molar-refractivity contribution in [1.82, 2.24) is 15.5 Å². The van der Waals surface area contributed by atoms with Gasteiger partial charge in [-0.15, -0.1) is 0 Å². The zero-order valence-electron chi connectivity index (χ0n) is 21.0. The molecular weight excluding hydrogens is 428 g/mol. The molecule has 4 nitrogen and oxygen atoms in total. The van der Waals surface area contributed by atoms with Crippen LogP contribution in [0, 0.1) is 0 Å². The summed E-state index contributed by atoms with van der Waals surface area (Å²) in [7, 11) is 0. The first-order chi connectivity index (χ1) is 16.0. The average Bonchev–Trinajstić information content (AvgIpc) is 2.84. The van der Waals surface area contributed by atoms with E-state index in [-0.39, 0.29) is 0 Å². The maximum Gasteiger partial charge on any atom is 0.0788 e. The second-order valence-electron chi connectivity index (χ2n) is 8.33. The van der Waals surface area contributed by atoms with Crippen LogP contribution in [0.15, 0.2) is 86.9 Å². The van der Waals surface area contributed by atoms with Crippen LogP contribution in [0.3, 0.4) is 0 Å². The molecule has 0 saturated carbocycles. The van der Waals surface area contributed by atoms with Crippen molar-refractivity contribution in [2.45, 2.75) is 53.9 Å². The first kappa shape index (κ1) is 26.9. The molecule has 33 heavy (non-hydrogen) atoms. The molecule has 0 radical (unpaired) electrons. The minimum absolute atomic E-state index is 0.711. The van der Waals surface area contributed by atoms with E-state index in [1.54, 1.807) is 0 Å². The maximum absolute atomic E-state index is 6.89. The highest BCUT2D eigenvalue weighted by molar-refractivity contribution is 6.31. The smallest absolute Gasteiger partial charge is 0.0788 e. The summed E-state index contributed by atoms with van der Waals surface area (Å²) in [6.45, 7) is 15.1. The minimum Gasteiger partial charge on any atom is -0.380 e. The standard InChI is InChI=1S/C28H41ClN4/c1-6-10-11-24-13-12-23(20-27(24)31-14-7-2)21-32-26(9-4)28(25(29)19-22(5)8-3)33-17-15-30-16-18-33/h7,9,11-14,19-20,30,32H,6,8,10,15-18,21H2,1-5H3/b14-7-,22-19+,24-11+,26-9+,28-25-,31-27-. The van der Waals surface area contributed by atoms with Crippen molar-refractivity contribution < 1.29 is 0 Å². The lowest BCUT2D eigenvalue weighted by molar-refractivity contribution is 0.300. The van der Waals surface area contributed by atoms with Gasteiger partial charge in [0.05, 0.1) is 22.1 Å². The number of unbranched alkanes of at least 4 members (excludes halogenated alkanes) is 1. The van der Waals surface area contributed by atoms with Crippen LogP contribution < -0.4 is 10.6 Å². The zero-order chi connectivity index (χ0) is 24.1. The Morgan fingerprint density at radius 3 is 2.61 bits per heavy atom. The van der Waals surface area contributed by atoms with E-state index in [9.17, 15) is 0 Å². The number of rotatable bonds is 10. The van der Waals surface area contributed by atoms with E-state index in [1.165, 1.54) is 16.7 Å². The van der Waals surface area contributed by atoms with Gasteiger partial charge in [0.25, 0.3) is 0 Å². The van der Waals surface area contributed by atoms with Crippen LogP contribution >= 0.6 is 11.6 Å². The summed E-state index contributed by atoms with van der Waals surface area (Å²) in [6, 6.07) is 0. The molecule has 0 spiro atoms. The zero-order valence-corrected chi connectivity index (χ0v) is 21.8. The molecule has 2 N–H and O–H groups in total. The fraction of sp³-hybridized carbons (Fsp3) is 0.464. The predicted octanol–water partition coefficient (Wildman–Crippen LogP) is 6.39. The number of nitrogens with zero attached hydrogens (tertiary/aromatic N) is 2. The summed E-state index contributed by atoms with van der Waals surface area (Å²) < 4.78 is 0. The first-order valence-electron chi connectivity index (χ1n) is 12.2. The van der Waals surface area contributed by atoms with Gasteiger partial charge < -0.3 is 15.5 Å². The maximum atomic E-state index is 6.89. The Hall–Kier alpha value is -2.30. The van der Waals surface area contributed by atoms with Gasteiger partial charge in [-0.25, -0.2) is 0 Å². The summed E-state index contributed by atoms with van der Waals surface area (Å²) in [5.41, 5.74) is 6.82. The molecular formula is C28H41ClN4. The molecule has 1 fully saturated rings. The number of nitrogens with one attached hydrogen (secondary N) is 2. The van der Waals surface area contributed by atoms with E-state index in [4.69, 9.17) is 11.6 Å². The molecule has 5 heteroatoms. The van der Waals surface area contributed by atoms with E-state index in [2.05, 4.69) is 84.7 Å². The lowest BCUT2D eigenvalue weighted by Gasteiger charge is -2.33. The Bertz CT molecular complexity index is 891. The molecule has 0 aromatic carbocycles. The summed E-state index contributed by atoms with van der Waals surface area (Å²) >= 11 is 6.89. The molecule has 1 saturated heterocycles. The largest absolute Gasteiger partial charge is 0.380 e. The van der Waals surface area contributed by atoms with Crippen molar-refractivity contribution in [3.63, 3.8) is 0 Å². The molecule has 0 aromatic rings. The van der Waals surface area contributed by atoms with Crippen molar-refractivity contribution in [3.8, 4) is 0 Å². The monoisotopic (exact) mass is 468 g/mol. The Morgan fingerprint density at radius 1 is 1.21 bits per heavy atom. The fourth-order valence-corrected chi connectivity index (χ4v) is 4.09. The van der Waals surface area contributed by atoms with Gasteiger partial charge in [-0.2, -0.15) is 0 Å². The average molecular weight is 469 g/mol. The summed E-state index contributed by atoms with van der Waals surface area (Å²) in [4.78, 5) is 7.04. The van der Waals surface area contributed by atoms with Crippen molar-refractivity contribution >= 4 is 17.3 Å². The lowest BCUT2D eigenvalue weighted by Crippen LogP contribution is -2.44. The lowest BCUT2D eigenvalue weighted by atomic mass is 9.98. The Kier molecular flexibility index (Phi) is 12.1. The summed E-state index contributed by atoms with van der Waals surface area (Å²) in [5, 5.41) is 7.89. The van der Waals surface area contributed by atoms with Gasteiger partial charge in [0.15, 0.2) is 0 Å². The quantitative estimate of drug-likeness (QED) is 0.365. The number of allylic oxidation sites excluding steroid dienone is 9. The van der Waals surface area contributed by atoms with Crippen molar-refractivity contribution in [2.75, 3.05) is 32.7 Å². The predicted molar refractivity (Wildman–Crippen MR) is 146 cm³/mol. The molecule has 1 heterocycles. The number of halogens is 1. The third kappa shape index (κ3) is 8.53. The van der Waals surface area contributed by atoms with Crippen LogP contribution in [0.5, 0.6) is 0 Å². The molecule has 0 unspecified atom stereocenters. The molecule has 2 rings (SSSR count). The third-order valence-corrected chi connectivity index (χ3v) is 6.02. The minimum atomic E-state index is 0.711. The molecule has 2 aliphatic rings. The highest BCUT2D eigenvalue weighted by atomic mass is 35.5. The number of hydrogen-bond donors (Lipinski definition) is 2. The van der Waals surface area contributed by atoms with Crippen molar-refractivity contribution in [3.05, 3.63) is 81.9 Å². The second kappa shape index (κ2) is 14.8. The molecule has 0 aromatic heterocycles. The third-order valence-electron chi connectivity index (χ3n) is 5.73. The van der Waals surface area contributed by atoms with Crippen LogP contribution in [0.4, 0.5) is 0 Å². The van der Waals surface area contributed by atoms with Gasteiger partial charge >= 0.3 is 0 Å². The number of hydrogen-bond acceptors (Lipinski definition) is 4. The topological polar surface area (TPSA) is 39.7 Å². The van der Waals surface area contributed by atoms with Crippen molar-refractivity contribution in [1.29, 1.82) is 0 Å². The Morgan fingerprint density at radius 2 is 1.97 bits per heavy atom. The van der Waals surface area contributed by atoms with E-state index in [1.807, 2.05) is 19.2 Å². The summed E-state index contributed by atoms with van der Waals surface area (Å²) in [6.07, 6.45) is 20.1. The van der Waals surface area contributed by atoms with Gasteiger partial charge in [-0.05, 0) is 56.9 Å². The van der Waals surface area contributed by atoms with Gasteiger partial charge in [-0.1, -0.05) is 67.8 Å². The van der Waals surface area contributed by atoms with Crippen LogP contribution in [0.2, 0.25) is 0 Å². The number of piperazine rings is 1. The molecule has 0 atom stereocenters. The van der Waals surface area contributed by atoms with E-state index in [0.29, 0.717) is 6.54 Å². The highest BCUT2D eigenvalue weighted by Crippen LogP contribution is 2.25. The van der Waals surface area contributed by atoms with E-state index < -0.39 is 0 Å². The van der Waals surface area contributed by atoms with Crippen molar-refractivity contribution in [2.24, 2.45) is 4.99 Å². The van der Waals surface area contributed by atoms with Gasteiger partial charge in [0.2, 0.25) is 0 Å². The van der Waals surface area contributed by atoms with Crippen LogP contribution in [0.1, 0.15) is 53.9 Å². The Labute approximate surface area is 206 Å². The first-order valence-corrected chi connectivity index (χ1v) is 12.6. The fourth-order valence-electron chi connectivity index (χ4n) is 3.68. The van der Waals surface area contributed by atoms with Gasteiger partial charge in [-0.3, -0.25) is 4.99 Å².